The highest BCUT2D eigenvalue weighted by Gasteiger charge is 2.22. The Bertz CT molecular complexity index is 931. The molecule has 1 aromatic carbocycles. The second-order valence-corrected chi connectivity index (χ2v) is 7.64. The van der Waals surface area contributed by atoms with Crippen LogP contribution in [-0.2, 0) is 9.53 Å². The molecule has 2 heterocycles. The maximum absolute atomic E-state index is 12.7. The Morgan fingerprint density at radius 1 is 1.21 bits per heavy atom. The van der Waals surface area contributed by atoms with Gasteiger partial charge in [0, 0.05) is 28.1 Å². The van der Waals surface area contributed by atoms with E-state index in [0.29, 0.717) is 36.0 Å². The van der Waals surface area contributed by atoms with Crippen LogP contribution in [0.3, 0.4) is 0 Å². The molecule has 0 saturated heterocycles. The van der Waals surface area contributed by atoms with E-state index in [4.69, 9.17) is 19.5 Å². The highest BCUT2D eigenvalue weighted by atomic mass is 32.1. The number of ether oxygens (including phenoxy) is 3. The number of benzene rings is 1. The summed E-state index contributed by atoms with van der Waals surface area (Å²) >= 11 is 1.50. The minimum absolute atomic E-state index is 0.150. The SMILES string of the molecule is Cc1cc(C(=O)OCC(=O)N(CCC#N)c2ccc3c(c2)OCCO3)c(C)s1. The van der Waals surface area contributed by atoms with Gasteiger partial charge in [-0.2, -0.15) is 5.26 Å². The Morgan fingerprint density at radius 3 is 2.64 bits per heavy atom. The first kappa shape index (κ1) is 19.7. The van der Waals surface area contributed by atoms with Gasteiger partial charge in [-0.05, 0) is 32.0 Å². The first-order valence-electron chi connectivity index (χ1n) is 8.80. The first-order valence-corrected chi connectivity index (χ1v) is 9.62. The van der Waals surface area contributed by atoms with Crippen molar-refractivity contribution in [1.29, 1.82) is 5.26 Å². The van der Waals surface area contributed by atoms with E-state index in [2.05, 4.69) is 0 Å². The maximum atomic E-state index is 12.7. The van der Waals surface area contributed by atoms with Gasteiger partial charge in [-0.1, -0.05) is 0 Å². The summed E-state index contributed by atoms with van der Waals surface area (Å²) in [6, 6.07) is 8.91. The number of rotatable bonds is 6. The van der Waals surface area contributed by atoms with Crippen molar-refractivity contribution < 1.29 is 23.8 Å². The third-order valence-corrected chi connectivity index (χ3v) is 5.14. The van der Waals surface area contributed by atoms with Crippen molar-refractivity contribution in [1.82, 2.24) is 0 Å². The molecule has 1 aliphatic heterocycles. The number of nitriles is 1. The summed E-state index contributed by atoms with van der Waals surface area (Å²) in [7, 11) is 0. The molecule has 1 aliphatic rings. The fourth-order valence-corrected chi connectivity index (χ4v) is 3.79. The number of carbonyl (C=O) groups excluding carboxylic acids is 2. The number of amides is 1. The average molecular weight is 400 g/mol. The van der Waals surface area contributed by atoms with Crippen LogP contribution in [0.2, 0.25) is 0 Å². The number of nitrogens with zero attached hydrogens (tertiary/aromatic N) is 2. The van der Waals surface area contributed by atoms with Gasteiger partial charge in [-0.3, -0.25) is 4.79 Å². The lowest BCUT2D eigenvalue weighted by molar-refractivity contribution is -0.121. The normalized spacial score (nSPS) is 12.2. The molecule has 0 saturated carbocycles. The molecule has 146 valence electrons. The molecule has 0 aliphatic carbocycles. The summed E-state index contributed by atoms with van der Waals surface area (Å²) < 4.78 is 16.3. The largest absolute Gasteiger partial charge is 0.486 e. The summed E-state index contributed by atoms with van der Waals surface area (Å²) in [5.41, 5.74) is 1.03. The molecule has 0 bridgehead atoms. The summed E-state index contributed by atoms with van der Waals surface area (Å²) in [6.45, 7) is 4.42. The van der Waals surface area contributed by atoms with Gasteiger partial charge in [0.05, 0.1) is 18.1 Å². The second kappa shape index (κ2) is 8.76. The molecule has 7 nitrogen and oxygen atoms in total. The summed E-state index contributed by atoms with van der Waals surface area (Å²) in [5, 5.41) is 8.92. The zero-order chi connectivity index (χ0) is 20.1. The fraction of sp³-hybridized carbons (Fsp3) is 0.350. The van der Waals surface area contributed by atoms with Crippen LogP contribution < -0.4 is 14.4 Å². The van der Waals surface area contributed by atoms with Crippen LogP contribution in [0.4, 0.5) is 5.69 Å². The van der Waals surface area contributed by atoms with Crippen molar-refractivity contribution in [2.24, 2.45) is 0 Å². The van der Waals surface area contributed by atoms with Crippen LogP contribution in [0.1, 0.15) is 26.5 Å². The lowest BCUT2D eigenvalue weighted by atomic mass is 10.2. The van der Waals surface area contributed by atoms with Crippen molar-refractivity contribution in [2.75, 3.05) is 31.3 Å². The molecule has 28 heavy (non-hydrogen) atoms. The van der Waals surface area contributed by atoms with E-state index in [1.165, 1.54) is 16.2 Å². The van der Waals surface area contributed by atoms with Gasteiger partial charge in [0.25, 0.3) is 5.91 Å². The van der Waals surface area contributed by atoms with Crippen LogP contribution >= 0.6 is 11.3 Å². The molecule has 0 radical (unpaired) electrons. The number of carbonyl (C=O) groups is 2. The average Bonchev–Trinajstić information content (AvgIpc) is 3.04. The smallest absolute Gasteiger partial charge is 0.339 e. The summed E-state index contributed by atoms with van der Waals surface area (Å²) in [6.07, 6.45) is 0.150. The van der Waals surface area contributed by atoms with Gasteiger partial charge in [0.1, 0.15) is 13.2 Å². The second-order valence-electron chi connectivity index (χ2n) is 6.18. The standard InChI is InChI=1S/C20H20N2O5S/c1-13-10-16(14(2)28-13)20(24)27-12-19(23)22(7-3-6-21)15-4-5-17-18(11-15)26-9-8-25-17/h4-5,10-11H,3,7-9,12H2,1-2H3. The zero-order valence-electron chi connectivity index (χ0n) is 15.7. The lowest BCUT2D eigenvalue weighted by Crippen LogP contribution is -2.35. The quantitative estimate of drug-likeness (QED) is 0.692. The first-order chi connectivity index (χ1) is 13.5. The van der Waals surface area contributed by atoms with Gasteiger partial charge < -0.3 is 19.1 Å². The maximum Gasteiger partial charge on any atom is 0.339 e. The molecule has 0 spiro atoms. The molecule has 0 fully saturated rings. The third kappa shape index (κ3) is 4.43. The molecule has 1 amide bonds. The highest BCUT2D eigenvalue weighted by Crippen LogP contribution is 2.34. The number of hydrogen-bond acceptors (Lipinski definition) is 7. The van der Waals surface area contributed by atoms with Gasteiger partial charge in [0.15, 0.2) is 18.1 Å². The van der Waals surface area contributed by atoms with Crippen LogP contribution in [0, 0.1) is 25.2 Å². The molecule has 0 N–H and O–H groups in total. The minimum atomic E-state index is -0.530. The van der Waals surface area contributed by atoms with Crippen LogP contribution in [-0.4, -0.2) is 38.2 Å². The molecule has 0 atom stereocenters. The van der Waals surface area contributed by atoms with E-state index in [1.807, 2.05) is 19.9 Å². The number of aryl methyl sites for hydroxylation is 2. The van der Waals surface area contributed by atoms with E-state index in [-0.39, 0.29) is 13.0 Å². The third-order valence-electron chi connectivity index (χ3n) is 4.17. The van der Waals surface area contributed by atoms with Crippen LogP contribution in [0.25, 0.3) is 0 Å². The van der Waals surface area contributed by atoms with Gasteiger partial charge in [0.2, 0.25) is 0 Å². The summed E-state index contributed by atoms with van der Waals surface area (Å²) in [4.78, 5) is 28.3. The van der Waals surface area contributed by atoms with Crippen molar-refractivity contribution >= 4 is 28.9 Å². The Morgan fingerprint density at radius 2 is 1.96 bits per heavy atom. The predicted molar refractivity (Wildman–Crippen MR) is 104 cm³/mol. The van der Waals surface area contributed by atoms with Crippen molar-refractivity contribution in [2.45, 2.75) is 20.3 Å². The van der Waals surface area contributed by atoms with E-state index in [0.717, 1.165) is 9.75 Å². The number of thiophene rings is 1. The van der Waals surface area contributed by atoms with Crippen LogP contribution in [0.15, 0.2) is 24.3 Å². The topological polar surface area (TPSA) is 88.9 Å². The molecule has 8 heteroatoms. The molecule has 1 aromatic heterocycles. The lowest BCUT2D eigenvalue weighted by Gasteiger charge is -2.24. The van der Waals surface area contributed by atoms with Gasteiger partial charge >= 0.3 is 5.97 Å². The Balaban J connectivity index is 1.72. The van der Waals surface area contributed by atoms with Crippen molar-refractivity contribution in [3.05, 3.63) is 39.6 Å². The fourth-order valence-electron chi connectivity index (χ4n) is 2.88. The van der Waals surface area contributed by atoms with Gasteiger partial charge in [-0.15, -0.1) is 11.3 Å². The Labute approximate surface area is 167 Å². The Kier molecular flexibility index (Phi) is 6.16. The zero-order valence-corrected chi connectivity index (χ0v) is 16.5. The van der Waals surface area contributed by atoms with E-state index in [9.17, 15) is 9.59 Å². The molecular weight excluding hydrogens is 380 g/mol. The van der Waals surface area contributed by atoms with Gasteiger partial charge in [-0.25, -0.2) is 4.79 Å². The Hall–Kier alpha value is -3.05. The van der Waals surface area contributed by atoms with Crippen molar-refractivity contribution in [3.8, 4) is 17.6 Å². The van der Waals surface area contributed by atoms with Crippen molar-refractivity contribution in [3.63, 3.8) is 0 Å². The highest BCUT2D eigenvalue weighted by molar-refractivity contribution is 7.12. The molecule has 3 rings (SSSR count). The number of anilines is 1. The van der Waals surface area contributed by atoms with E-state index >= 15 is 0 Å². The van der Waals surface area contributed by atoms with E-state index < -0.39 is 18.5 Å². The number of hydrogen-bond donors (Lipinski definition) is 0. The molecular formula is C20H20N2O5S. The molecule has 2 aromatic rings. The van der Waals surface area contributed by atoms with Crippen LogP contribution in [0.5, 0.6) is 11.5 Å². The monoisotopic (exact) mass is 400 g/mol. The predicted octanol–water partition coefficient (Wildman–Crippen LogP) is 3.24. The number of esters is 1. The minimum Gasteiger partial charge on any atom is -0.486 e. The molecule has 0 unspecified atom stereocenters. The summed E-state index contributed by atoms with van der Waals surface area (Å²) in [5.74, 6) is 0.208. The number of fused-ring (bicyclic) bond motifs is 1. The van der Waals surface area contributed by atoms with E-state index in [1.54, 1.807) is 24.3 Å².